The summed E-state index contributed by atoms with van der Waals surface area (Å²) in [6.07, 6.45) is 1.12. The van der Waals surface area contributed by atoms with Crippen molar-refractivity contribution in [2.45, 2.75) is 26.2 Å². The van der Waals surface area contributed by atoms with E-state index in [4.69, 9.17) is 5.26 Å². The molecule has 2 rings (SSSR count). The molecule has 20 heavy (non-hydrogen) atoms. The molecule has 0 spiro atoms. The Morgan fingerprint density at radius 3 is 3.00 bits per heavy atom. The molecule has 5 heteroatoms. The molecule has 0 N–H and O–H groups in total. The van der Waals surface area contributed by atoms with E-state index in [0.29, 0.717) is 13.0 Å². The Labute approximate surface area is 126 Å². The number of ketones is 1. The van der Waals surface area contributed by atoms with E-state index < -0.39 is 5.92 Å². The van der Waals surface area contributed by atoms with Gasteiger partial charge in [-0.2, -0.15) is 5.26 Å². The number of piperidine rings is 1. The predicted molar refractivity (Wildman–Crippen MR) is 79.2 cm³/mol. The lowest BCUT2D eigenvalue weighted by Crippen LogP contribution is -2.44. The number of Topliss-reactive ketones (excluding diaryl/α,β-unsaturated/α-hetero) is 1. The molecule has 1 aromatic carbocycles. The number of hydrogen-bond acceptors (Lipinski definition) is 3. The van der Waals surface area contributed by atoms with Gasteiger partial charge in [-0.05, 0) is 47.3 Å². The molecule has 1 fully saturated rings. The van der Waals surface area contributed by atoms with Crippen LogP contribution in [0.4, 0.5) is 5.69 Å². The third-order valence-corrected chi connectivity index (χ3v) is 4.57. The number of carbonyl (C=O) groups excluding carboxylic acids is 2. The van der Waals surface area contributed by atoms with E-state index >= 15 is 0 Å². The Morgan fingerprint density at radius 2 is 2.30 bits per heavy atom. The summed E-state index contributed by atoms with van der Waals surface area (Å²) >= 11 is 3.50. The minimum absolute atomic E-state index is 0.192. The SMILES string of the molecule is Cc1cccc(N2CCC[C@@H](C(=O)CC#N)C2=O)c1Br. The second kappa shape index (κ2) is 6.19. The molecule has 0 aromatic heterocycles. The zero-order chi connectivity index (χ0) is 14.7. The van der Waals surface area contributed by atoms with Gasteiger partial charge in [0.05, 0.1) is 24.1 Å². The Morgan fingerprint density at radius 1 is 1.55 bits per heavy atom. The minimum Gasteiger partial charge on any atom is -0.311 e. The standard InChI is InChI=1S/C15H15BrN2O2/c1-10-4-2-6-12(14(10)16)18-9-3-5-11(15(18)20)13(19)7-8-17/h2,4,6,11H,3,5,7,9H2,1H3/t11-/m0/s1. The van der Waals surface area contributed by atoms with Gasteiger partial charge in [0.2, 0.25) is 5.91 Å². The Bertz CT molecular complexity index is 592. The zero-order valence-corrected chi connectivity index (χ0v) is 12.8. The van der Waals surface area contributed by atoms with Crippen LogP contribution in [-0.4, -0.2) is 18.2 Å². The molecule has 0 unspecified atom stereocenters. The van der Waals surface area contributed by atoms with Gasteiger partial charge < -0.3 is 4.90 Å². The average molecular weight is 335 g/mol. The molecule has 1 heterocycles. The molecule has 0 aliphatic carbocycles. The number of carbonyl (C=O) groups is 2. The summed E-state index contributed by atoms with van der Waals surface area (Å²) in [5, 5.41) is 8.61. The van der Waals surface area contributed by atoms with Gasteiger partial charge in [-0.3, -0.25) is 9.59 Å². The molecule has 1 aliphatic rings. The first kappa shape index (κ1) is 14.7. The normalized spacial score (nSPS) is 18.8. The Kier molecular flexibility index (Phi) is 4.56. The van der Waals surface area contributed by atoms with Crippen LogP contribution in [0.3, 0.4) is 0 Å². The van der Waals surface area contributed by atoms with Crippen molar-refractivity contribution in [3.8, 4) is 6.07 Å². The van der Waals surface area contributed by atoms with Crippen molar-refractivity contribution in [3.63, 3.8) is 0 Å². The van der Waals surface area contributed by atoms with Gasteiger partial charge in [0.1, 0.15) is 0 Å². The quantitative estimate of drug-likeness (QED) is 0.798. The van der Waals surface area contributed by atoms with Crippen LogP contribution in [0, 0.1) is 24.2 Å². The van der Waals surface area contributed by atoms with Crippen molar-refractivity contribution >= 4 is 33.3 Å². The van der Waals surface area contributed by atoms with Gasteiger partial charge in [-0.1, -0.05) is 12.1 Å². The lowest BCUT2D eigenvalue weighted by molar-refractivity contribution is -0.133. The largest absolute Gasteiger partial charge is 0.311 e. The molecule has 1 atom stereocenters. The van der Waals surface area contributed by atoms with Crippen LogP contribution in [0.15, 0.2) is 22.7 Å². The van der Waals surface area contributed by atoms with Gasteiger partial charge in [0.15, 0.2) is 5.78 Å². The van der Waals surface area contributed by atoms with E-state index in [1.54, 1.807) is 4.90 Å². The third-order valence-electron chi connectivity index (χ3n) is 3.54. The van der Waals surface area contributed by atoms with Crippen molar-refractivity contribution in [2.24, 2.45) is 5.92 Å². The number of anilines is 1. The fourth-order valence-corrected chi connectivity index (χ4v) is 2.93. The van der Waals surface area contributed by atoms with Crippen LogP contribution in [-0.2, 0) is 9.59 Å². The summed E-state index contributed by atoms with van der Waals surface area (Å²) in [6.45, 7) is 2.57. The molecular weight excluding hydrogens is 320 g/mol. The first-order valence-corrected chi connectivity index (χ1v) is 7.31. The number of halogens is 1. The van der Waals surface area contributed by atoms with E-state index in [1.807, 2.05) is 31.2 Å². The van der Waals surface area contributed by atoms with E-state index in [1.165, 1.54) is 0 Å². The highest BCUT2D eigenvalue weighted by molar-refractivity contribution is 9.10. The van der Waals surface area contributed by atoms with Gasteiger partial charge in [0.25, 0.3) is 0 Å². The second-order valence-electron chi connectivity index (χ2n) is 4.89. The maximum Gasteiger partial charge on any atom is 0.237 e. The third kappa shape index (κ3) is 2.75. The first-order valence-electron chi connectivity index (χ1n) is 6.52. The second-order valence-corrected chi connectivity index (χ2v) is 5.69. The summed E-state index contributed by atoms with van der Waals surface area (Å²) in [5.74, 6) is -1.13. The molecule has 1 aliphatic heterocycles. The van der Waals surface area contributed by atoms with Crippen molar-refractivity contribution in [1.82, 2.24) is 0 Å². The number of nitriles is 1. The fourth-order valence-electron chi connectivity index (χ4n) is 2.45. The lowest BCUT2D eigenvalue weighted by atomic mass is 9.91. The maximum absolute atomic E-state index is 12.5. The molecule has 1 aromatic rings. The molecule has 1 amide bonds. The topological polar surface area (TPSA) is 61.2 Å². The van der Waals surface area contributed by atoms with Crippen LogP contribution in [0.1, 0.15) is 24.8 Å². The van der Waals surface area contributed by atoms with Crippen LogP contribution >= 0.6 is 15.9 Å². The average Bonchev–Trinajstić information content (AvgIpc) is 2.43. The van der Waals surface area contributed by atoms with E-state index in [-0.39, 0.29) is 18.1 Å². The molecular formula is C15H15BrN2O2. The number of benzene rings is 1. The zero-order valence-electron chi connectivity index (χ0n) is 11.2. The maximum atomic E-state index is 12.5. The molecule has 4 nitrogen and oxygen atoms in total. The van der Waals surface area contributed by atoms with E-state index in [9.17, 15) is 9.59 Å². The summed E-state index contributed by atoms with van der Waals surface area (Å²) in [5.41, 5.74) is 1.84. The van der Waals surface area contributed by atoms with Gasteiger partial charge >= 0.3 is 0 Å². The van der Waals surface area contributed by atoms with Crippen molar-refractivity contribution in [1.29, 1.82) is 5.26 Å². The van der Waals surface area contributed by atoms with Crippen LogP contribution in [0.25, 0.3) is 0 Å². The molecule has 0 radical (unpaired) electrons. The summed E-state index contributed by atoms with van der Waals surface area (Å²) < 4.78 is 0.877. The first-order chi connectivity index (χ1) is 9.56. The number of amides is 1. The van der Waals surface area contributed by atoms with Crippen molar-refractivity contribution in [2.75, 3.05) is 11.4 Å². The van der Waals surface area contributed by atoms with Crippen LogP contribution in [0.5, 0.6) is 0 Å². The van der Waals surface area contributed by atoms with Crippen LogP contribution < -0.4 is 4.90 Å². The van der Waals surface area contributed by atoms with Crippen LogP contribution in [0.2, 0.25) is 0 Å². The number of hydrogen-bond donors (Lipinski definition) is 0. The van der Waals surface area contributed by atoms with Gasteiger partial charge in [-0.25, -0.2) is 0 Å². The molecule has 1 saturated heterocycles. The highest BCUT2D eigenvalue weighted by atomic mass is 79.9. The highest BCUT2D eigenvalue weighted by Gasteiger charge is 2.35. The van der Waals surface area contributed by atoms with E-state index in [0.717, 1.165) is 22.1 Å². The van der Waals surface area contributed by atoms with Gasteiger partial charge in [0, 0.05) is 11.0 Å². The number of nitrogens with zero attached hydrogens (tertiary/aromatic N) is 2. The predicted octanol–water partition coefficient (Wildman–Crippen LogP) is 2.98. The number of rotatable bonds is 3. The van der Waals surface area contributed by atoms with Crippen molar-refractivity contribution in [3.05, 3.63) is 28.2 Å². The molecule has 0 bridgehead atoms. The summed E-state index contributed by atoms with van der Waals surface area (Å²) in [4.78, 5) is 26.0. The van der Waals surface area contributed by atoms with Crippen molar-refractivity contribution < 1.29 is 9.59 Å². The summed E-state index contributed by atoms with van der Waals surface area (Å²) in [6, 6.07) is 7.55. The monoisotopic (exact) mass is 334 g/mol. The minimum atomic E-state index is -0.671. The Hall–Kier alpha value is -1.67. The summed E-state index contributed by atoms with van der Waals surface area (Å²) in [7, 11) is 0. The molecule has 104 valence electrons. The highest BCUT2D eigenvalue weighted by Crippen LogP contribution is 2.33. The smallest absolute Gasteiger partial charge is 0.237 e. The van der Waals surface area contributed by atoms with Gasteiger partial charge in [-0.15, -0.1) is 0 Å². The fraction of sp³-hybridized carbons (Fsp3) is 0.400. The number of aryl methyl sites for hydroxylation is 1. The Balaban J connectivity index is 2.29. The lowest BCUT2D eigenvalue weighted by Gasteiger charge is -2.32. The molecule has 0 saturated carbocycles. The van der Waals surface area contributed by atoms with E-state index in [2.05, 4.69) is 15.9 Å².